The van der Waals surface area contributed by atoms with Gasteiger partial charge in [-0.05, 0) is 48.7 Å². The lowest BCUT2D eigenvalue weighted by Crippen LogP contribution is -2.35. The normalized spacial score (nSPS) is 15.8. The van der Waals surface area contributed by atoms with Gasteiger partial charge in [0, 0.05) is 31.6 Å². The molecule has 1 fully saturated rings. The molecule has 2 amide bonds. The minimum atomic E-state index is -0.388. The quantitative estimate of drug-likeness (QED) is 0.565. The van der Waals surface area contributed by atoms with Gasteiger partial charge in [-0.3, -0.25) is 14.6 Å². The number of benzene rings is 1. The van der Waals surface area contributed by atoms with Crippen molar-refractivity contribution >= 4 is 46.3 Å². The summed E-state index contributed by atoms with van der Waals surface area (Å²) in [6, 6.07) is 7.34. The lowest BCUT2D eigenvalue weighted by Gasteiger charge is -2.27. The molecule has 10 heteroatoms. The first kappa shape index (κ1) is 22.9. The highest BCUT2D eigenvalue weighted by molar-refractivity contribution is 6.32. The van der Waals surface area contributed by atoms with Crippen molar-refractivity contribution in [1.29, 1.82) is 0 Å². The Kier molecular flexibility index (Phi) is 6.41. The predicted molar refractivity (Wildman–Crippen MR) is 131 cm³/mol. The van der Waals surface area contributed by atoms with Gasteiger partial charge in [0.1, 0.15) is 5.82 Å². The molecule has 1 aromatic carbocycles. The lowest BCUT2D eigenvalue weighted by molar-refractivity contribution is -0.117. The first-order chi connectivity index (χ1) is 17.0. The molecular weight excluding hydrogens is 471 g/mol. The third-order valence-corrected chi connectivity index (χ3v) is 6.22. The fourth-order valence-electron chi connectivity index (χ4n) is 4.21. The van der Waals surface area contributed by atoms with Crippen LogP contribution in [0.4, 0.5) is 21.7 Å². The van der Waals surface area contributed by atoms with Gasteiger partial charge in [-0.1, -0.05) is 17.7 Å². The van der Waals surface area contributed by atoms with Gasteiger partial charge in [-0.2, -0.15) is 0 Å². The molecule has 0 spiro atoms. The standard InChI is InChI=1S/C25H22ClFN6O2/c26-21-14-29-25(30-19-11-20(13-28-12-19)33-10-2-4-22(33)34)31-23(21)17-3-1-9-32(15-17)24(35)16-5-7-18(27)8-6-16/h3,5-8,11-14H,1-2,4,9-10,15H2,(H,29,30,31). The van der Waals surface area contributed by atoms with Gasteiger partial charge in [0.25, 0.3) is 5.91 Å². The number of hydrogen-bond acceptors (Lipinski definition) is 6. The van der Waals surface area contributed by atoms with Crippen LogP contribution >= 0.6 is 11.6 Å². The Bertz CT molecular complexity index is 1310. The van der Waals surface area contributed by atoms with E-state index in [1.165, 1.54) is 30.5 Å². The largest absolute Gasteiger partial charge is 0.334 e. The molecule has 35 heavy (non-hydrogen) atoms. The van der Waals surface area contributed by atoms with Crippen LogP contribution in [0.2, 0.25) is 5.02 Å². The van der Waals surface area contributed by atoms with E-state index in [-0.39, 0.29) is 17.6 Å². The molecular formula is C25H22ClFN6O2. The molecule has 0 unspecified atom stereocenters. The fourth-order valence-corrected chi connectivity index (χ4v) is 4.42. The zero-order valence-electron chi connectivity index (χ0n) is 18.7. The molecule has 2 aliphatic heterocycles. The third-order valence-electron chi connectivity index (χ3n) is 5.94. The van der Waals surface area contributed by atoms with Crippen LogP contribution in [0.15, 0.2) is 55.0 Å². The SMILES string of the molecule is O=C(c1ccc(F)cc1)N1CCC=C(c2nc(Nc3cncc(N4CCCC4=O)c3)ncc2Cl)C1. The minimum Gasteiger partial charge on any atom is -0.334 e. The number of amides is 2. The van der Waals surface area contributed by atoms with Gasteiger partial charge in [-0.15, -0.1) is 0 Å². The van der Waals surface area contributed by atoms with E-state index in [0.29, 0.717) is 60.4 Å². The van der Waals surface area contributed by atoms with Crippen molar-refractivity contribution in [1.82, 2.24) is 19.9 Å². The van der Waals surface area contributed by atoms with E-state index in [0.717, 1.165) is 17.7 Å². The topological polar surface area (TPSA) is 91.3 Å². The maximum Gasteiger partial charge on any atom is 0.254 e. The molecule has 2 aliphatic rings. The van der Waals surface area contributed by atoms with Crippen LogP contribution in [0, 0.1) is 5.82 Å². The van der Waals surface area contributed by atoms with Crippen molar-refractivity contribution in [3.63, 3.8) is 0 Å². The van der Waals surface area contributed by atoms with Crippen LogP contribution in [0.3, 0.4) is 0 Å². The zero-order valence-corrected chi connectivity index (χ0v) is 19.5. The number of anilines is 3. The van der Waals surface area contributed by atoms with Gasteiger partial charge in [0.2, 0.25) is 11.9 Å². The van der Waals surface area contributed by atoms with Crippen molar-refractivity contribution in [2.24, 2.45) is 0 Å². The summed E-state index contributed by atoms with van der Waals surface area (Å²) < 4.78 is 13.2. The molecule has 178 valence electrons. The predicted octanol–water partition coefficient (Wildman–Crippen LogP) is 4.46. The molecule has 1 N–H and O–H groups in total. The van der Waals surface area contributed by atoms with Crippen LogP contribution in [0.25, 0.3) is 5.57 Å². The number of carbonyl (C=O) groups is 2. The van der Waals surface area contributed by atoms with Crippen molar-refractivity contribution in [2.75, 3.05) is 29.9 Å². The molecule has 0 atom stereocenters. The van der Waals surface area contributed by atoms with Crippen LogP contribution in [0.1, 0.15) is 35.3 Å². The Morgan fingerprint density at radius 3 is 2.71 bits per heavy atom. The molecule has 4 heterocycles. The van der Waals surface area contributed by atoms with Gasteiger partial charge in [0.15, 0.2) is 0 Å². The highest BCUT2D eigenvalue weighted by Gasteiger charge is 2.24. The number of carbonyl (C=O) groups excluding carboxylic acids is 2. The van der Waals surface area contributed by atoms with Crippen LogP contribution in [0.5, 0.6) is 0 Å². The van der Waals surface area contributed by atoms with Crippen LogP contribution in [-0.4, -0.2) is 51.3 Å². The smallest absolute Gasteiger partial charge is 0.254 e. The van der Waals surface area contributed by atoms with Crippen molar-refractivity contribution < 1.29 is 14.0 Å². The van der Waals surface area contributed by atoms with E-state index in [1.54, 1.807) is 22.2 Å². The molecule has 1 saturated heterocycles. The summed E-state index contributed by atoms with van der Waals surface area (Å²) in [5.41, 5.74) is 3.11. The first-order valence-corrected chi connectivity index (χ1v) is 11.6. The van der Waals surface area contributed by atoms with Gasteiger partial charge >= 0.3 is 0 Å². The minimum absolute atomic E-state index is 0.0814. The van der Waals surface area contributed by atoms with Gasteiger partial charge in [-0.25, -0.2) is 14.4 Å². The number of hydrogen-bond donors (Lipinski definition) is 1. The number of nitrogens with one attached hydrogen (secondary N) is 1. The monoisotopic (exact) mass is 492 g/mol. The summed E-state index contributed by atoms with van der Waals surface area (Å²) in [4.78, 5) is 41.5. The van der Waals surface area contributed by atoms with E-state index in [2.05, 4.69) is 20.3 Å². The number of aromatic nitrogens is 3. The second kappa shape index (κ2) is 9.79. The Balaban J connectivity index is 1.34. The summed E-state index contributed by atoms with van der Waals surface area (Å²) in [7, 11) is 0. The Hall–Kier alpha value is -3.85. The van der Waals surface area contributed by atoms with E-state index >= 15 is 0 Å². The summed E-state index contributed by atoms with van der Waals surface area (Å²) in [5.74, 6) is -0.170. The number of halogens is 2. The Labute approximate surface area is 206 Å². The van der Waals surface area contributed by atoms with E-state index in [1.807, 2.05) is 12.1 Å². The maximum absolute atomic E-state index is 13.2. The maximum atomic E-state index is 13.2. The van der Waals surface area contributed by atoms with Crippen molar-refractivity contribution in [2.45, 2.75) is 19.3 Å². The highest BCUT2D eigenvalue weighted by atomic mass is 35.5. The first-order valence-electron chi connectivity index (χ1n) is 11.3. The van der Waals surface area contributed by atoms with Gasteiger partial charge < -0.3 is 15.1 Å². The molecule has 2 aromatic heterocycles. The van der Waals surface area contributed by atoms with E-state index < -0.39 is 0 Å². The number of pyridine rings is 1. The second-order valence-corrected chi connectivity index (χ2v) is 8.75. The highest BCUT2D eigenvalue weighted by Crippen LogP contribution is 2.29. The average molecular weight is 493 g/mol. The molecule has 0 aliphatic carbocycles. The van der Waals surface area contributed by atoms with Crippen LogP contribution < -0.4 is 10.2 Å². The average Bonchev–Trinajstić information content (AvgIpc) is 3.31. The molecule has 0 bridgehead atoms. The second-order valence-electron chi connectivity index (χ2n) is 8.35. The molecule has 8 nitrogen and oxygen atoms in total. The molecule has 0 radical (unpaired) electrons. The van der Waals surface area contributed by atoms with Crippen molar-refractivity contribution in [3.05, 3.63) is 77.1 Å². The molecule has 5 rings (SSSR count). The summed E-state index contributed by atoms with van der Waals surface area (Å²) in [5, 5.41) is 3.50. The summed E-state index contributed by atoms with van der Waals surface area (Å²) >= 11 is 6.43. The summed E-state index contributed by atoms with van der Waals surface area (Å²) in [6.45, 7) is 1.54. The number of rotatable bonds is 5. The Morgan fingerprint density at radius 2 is 1.94 bits per heavy atom. The van der Waals surface area contributed by atoms with Crippen LogP contribution in [-0.2, 0) is 4.79 Å². The van der Waals surface area contributed by atoms with Crippen molar-refractivity contribution in [3.8, 4) is 0 Å². The third kappa shape index (κ3) is 5.00. The van der Waals surface area contributed by atoms with E-state index in [4.69, 9.17) is 11.6 Å². The van der Waals surface area contributed by atoms with E-state index in [9.17, 15) is 14.0 Å². The molecule has 3 aromatic rings. The fraction of sp³-hybridized carbons (Fsp3) is 0.240. The number of nitrogens with zero attached hydrogens (tertiary/aromatic N) is 5. The zero-order chi connectivity index (χ0) is 24.4. The Morgan fingerprint density at radius 1 is 1.11 bits per heavy atom. The lowest BCUT2D eigenvalue weighted by atomic mass is 10.0. The molecule has 0 saturated carbocycles. The van der Waals surface area contributed by atoms with Gasteiger partial charge in [0.05, 0.1) is 40.7 Å². The summed E-state index contributed by atoms with van der Waals surface area (Å²) in [6.07, 6.45) is 8.81.